The minimum Gasteiger partial charge on any atom is -0.316 e. The fourth-order valence-electron chi connectivity index (χ4n) is 4.28. The highest BCUT2D eigenvalue weighted by Gasteiger charge is 2.49. The molecule has 0 aromatic carbocycles. The lowest BCUT2D eigenvalue weighted by atomic mass is 9.70. The predicted molar refractivity (Wildman–Crippen MR) is 70.5 cm³/mol. The number of rotatable bonds is 6. The van der Waals surface area contributed by atoms with Gasteiger partial charge in [-0.3, -0.25) is 0 Å². The summed E-state index contributed by atoms with van der Waals surface area (Å²) in [7, 11) is 0. The van der Waals surface area contributed by atoms with Gasteiger partial charge in [-0.2, -0.15) is 0 Å². The maximum Gasteiger partial charge on any atom is 0.00107 e. The van der Waals surface area contributed by atoms with Gasteiger partial charge in [-0.15, -0.1) is 0 Å². The molecular formula is C15H29N. The first-order valence-corrected chi connectivity index (χ1v) is 7.37. The average molecular weight is 223 g/mol. The van der Waals surface area contributed by atoms with E-state index >= 15 is 0 Å². The van der Waals surface area contributed by atoms with Crippen LogP contribution in [0.15, 0.2) is 0 Å². The van der Waals surface area contributed by atoms with Crippen LogP contribution in [0.4, 0.5) is 0 Å². The van der Waals surface area contributed by atoms with Crippen LogP contribution < -0.4 is 5.32 Å². The summed E-state index contributed by atoms with van der Waals surface area (Å²) in [5.74, 6) is 2.92. The molecule has 2 aliphatic rings. The van der Waals surface area contributed by atoms with Crippen LogP contribution in [0.2, 0.25) is 0 Å². The van der Waals surface area contributed by atoms with Gasteiger partial charge >= 0.3 is 0 Å². The lowest BCUT2D eigenvalue weighted by Gasteiger charge is -2.38. The molecule has 2 rings (SSSR count). The topological polar surface area (TPSA) is 12.0 Å². The van der Waals surface area contributed by atoms with E-state index < -0.39 is 0 Å². The van der Waals surface area contributed by atoms with Crippen LogP contribution in [0.5, 0.6) is 0 Å². The van der Waals surface area contributed by atoms with Crippen LogP contribution in [0.3, 0.4) is 0 Å². The van der Waals surface area contributed by atoms with Gasteiger partial charge < -0.3 is 5.32 Å². The van der Waals surface area contributed by atoms with Crippen LogP contribution in [0.25, 0.3) is 0 Å². The third-order valence-electron chi connectivity index (χ3n) is 4.88. The Morgan fingerprint density at radius 2 is 2.12 bits per heavy atom. The van der Waals surface area contributed by atoms with Gasteiger partial charge in [-0.1, -0.05) is 33.6 Å². The van der Waals surface area contributed by atoms with Crippen molar-refractivity contribution in [3.63, 3.8) is 0 Å². The third-order valence-corrected chi connectivity index (χ3v) is 4.88. The van der Waals surface area contributed by atoms with Crippen molar-refractivity contribution in [1.82, 2.24) is 5.32 Å². The molecule has 2 saturated carbocycles. The Bertz CT molecular complexity index is 223. The molecule has 0 spiro atoms. The minimum atomic E-state index is 0.687. The van der Waals surface area contributed by atoms with Crippen molar-refractivity contribution in [3.8, 4) is 0 Å². The molecular weight excluding hydrogens is 194 g/mol. The van der Waals surface area contributed by atoms with Crippen molar-refractivity contribution in [3.05, 3.63) is 0 Å². The highest BCUT2D eigenvalue weighted by molar-refractivity contribution is 5.01. The summed E-state index contributed by atoms with van der Waals surface area (Å²) < 4.78 is 0. The van der Waals surface area contributed by atoms with Crippen molar-refractivity contribution < 1.29 is 0 Å². The van der Waals surface area contributed by atoms with E-state index in [1.807, 2.05) is 0 Å². The third kappa shape index (κ3) is 2.45. The Morgan fingerprint density at radius 1 is 1.31 bits per heavy atom. The van der Waals surface area contributed by atoms with Crippen LogP contribution in [0, 0.1) is 23.2 Å². The number of hydrogen-bond donors (Lipinski definition) is 1. The first-order chi connectivity index (χ1) is 7.66. The van der Waals surface area contributed by atoms with E-state index in [9.17, 15) is 0 Å². The van der Waals surface area contributed by atoms with Crippen LogP contribution >= 0.6 is 0 Å². The van der Waals surface area contributed by atoms with Crippen LogP contribution in [0.1, 0.15) is 59.3 Å². The molecule has 1 nitrogen and oxygen atoms in total. The SMILES string of the molecule is CCCC1(CNCC(C)C)CC2CCC1C2. The maximum absolute atomic E-state index is 3.74. The van der Waals surface area contributed by atoms with E-state index in [0.717, 1.165) is 17.8 Å². The van der Waals surface area contributed by atoms with Gasteiger partial charge in [0.15, 0.2) is 0 Å². The zero-order valence-electron chi connectivity index (χ0n) is 11.4. The number of hydrogen-bond acceptors (Lipinski definition) is 1. The normalized spacial score (nSPS) is 37.5. The van der Waals surface area contributed by atoms with E-state index in [0.29, 0.717) is 5.41 Å². The summed E-state index contributed by atoms with van der Waals surface area (Å²) in [6, 6.07) is 0. The lowest BCUT2D eigenvalue weighted by Crippen LogP contribution is -2.39. The smallest absolute Gasteiger partial charge is 0.00107 e. The largest absolute Gasteiger partial charge is 0.316 e. The summed E-state index contributed by atoms with van der Waals surface area (Å²) in [5, 5.41) is 3.74. The zero-order valence-corrected chi connectivity index (χ0v) is 11.4. The van der Waals surface area contributed by atoms with E-state index in [1.165, 1.54) is 45.2 Å². The van der Waals surface area contributed by atoms with Gasteiger partial charge in [-0.05, 0) is 55.4 Å². The fraction of sp³-hybridized carbons (Fsp3) is 1.00. The Kier molecular flexibility index (Phi) is 3.94. The lowest BCUT2D eigenvalue weighted by molar-refractivity contribution is 0.140. The molecule has 1 heteroatoms. The Hall–Kier alpha value is -0.0400. The molecule has 3 atom stereocenters. The maximum atomic E-state index is 3.74. The van der Waals surface area contributed by atoms with Crippen molar-refractivity contribution in [1.29, 1.82) is 0 Å². The second kappa shape index (κ2) is 5.08. The van der Waals surface area contributed by atoms with Gasteiger partial charge in [0.05, 0.1) is 0 Å². The first-order valence-electron chi connectivity index (χ1n) is 7.37. The standard InChI is InChI=1S/C15H29N/c1-4-7-15(11-16-10-12(2)3)9-13-5-6-14(15)8-13/h12-14,16H,4-11H2,1-3H3. The molecule has 16 heavy (non-hydrogen) atoms. The monoisotopic (exact) mass is 223 g/mol. The van der Waals surface area contributed by atoms with E-state index in [2.05, 4.69) is 26.1 Å². The quantitative estimate of drug-likeness (QED) is 0.721. The van der Waals surface area contributed by atoms with Crippen molar-refractivity contribution >= 4 is 0 Å². The fourth-order valence-corrected chi connectivity index (χ4v) is 4.28. The van der Waals surface area contributed by atoms with Gasteiger partial charge in [0.1, 0.15) is 0 Å². The number of nitrogens with one attached hydrogen (secondary N) is 1. The van der Waals surface area contributed by atoms with Gasteiger partial charge in [0.25, 0.3) is 0 Å². The summed E-state index contributed by atoms with van der Waals surface area (Å²) in [5.41, 5.74) is 0.687. The Labute approximate surface area is 101 Å². The molecule has 0 saturated heterocycles. The molecule has 1 N–H and O–H groups in total. The first kappa shape index (κ1) is 12.4. The molecule has 0 radical (unpaired) electrons. The highest BCUT2D eigenvalue weighted by atomic mass is 14.9. The molecule has 0 aromatic heterocycles. The number of fused-ring (bicyclic) bond motifs is 2. The molecule has 2 aliphatic carbocycles. The average Bonchev–Trinajstić information content (AvgIpc) is 2.77. The zero-order chi connectivity index (χ0) is 11.6. The molecule has 2 fully saturated rings. The summed E-state index contributed by atoms with van der Waals surface area (Å²) in [6.45, 7) is 9.46. The molecule has 0 heterocycles. The summed E-state index contributed by atoms with van der Waals surface area (Å²) >= 11 is 0. The second-order valence-electron chi connectivity index (χ2n) is 6.72. The molecule has 0 aliphatic heterocycles. The summed E-state index contributed by atoms with van der Waals surface area (Å²) in [6.07, 6.45) is 8.94. The summed E-state index contributed by atoms with van der Waals surface area (Å²) in [4.78, 5) is 0. The predicted octanol–water partition coefficient (Wildman–Crippen LogP) is 3.84. The second-order valence-corrected chi connectivity index (χ2v) is 6.72. The molecule has 94 valence electrons. The highest BCUT2D eigenvalue weighted by Crippen LogP contribution is 2.57. The van der Waals surface area contributed by atoms with Crippen LogP contribution in [-0.2, 0) is 0 Å². The van der Waals surface area contributed by atoms with Gasteiger partial charge in [0.2, 0.25) is 0 Å². The van der Waals surface area contributed by atoms with E-state index in [4.69, 9.17) is 0 Å². The Balaban J connectivity index is 1.89. The van der Waals surface area contributed by atoms with Crippen molar-refractivity contribution in [2.75, 3.05) is 13.1 Å². The van der Waals surface area contributed by atoms with Gasteiger partial charge in [0, 0.05) is 6.54 Å². The molecule has 0 amide bonds. The van der Waals surface area contributed by atoms with Gasteiger partial charge in [-0.25, -0.2) is 0 Å². The minimum absolute atomic E-state index is 0.687. The Morgan fingerprint density at radius 3 is 2.62 bits per heavy atom. The molecule has 0 aromatic rings. The molecule has 3 unspecified atom stereocenters. The molecule has 2 bridgehead atoms. The van der Waals surface area contributed by atoms with Crippen LogP contribution in [-0.4, -0.2) is 13.1 Å². The van der Waals surface area contributed by atoms with Crippen molar-refractivity contribution in [2.24, 2.45) is 23.2 Å². The van der Waals surface area contributed by atoms with Crippen molar-refractivity contribution in [2.45, 2.75) is 59.3 Å². The van der Waals surface area contributed by atoms with E-state index in [1.54, 1.807) is 6.42 Å². The van der Waals surface area contributed by atoms with E-state index in [-0.39, 0.29) is 0 Å².